The standard InChI is InChI=1S/C15H18N2O3S/c1-21-12-5-4-11(8-12)17-15(20)13-6-2-10(9-16-13)3-7-14(18)19/h2-3,6-7,9,11-12H,4-5,8H2,1H3,(H,17,20)(H,18,19)/b7-3+. The van der Waals surface area contributed by atoms with Gasteiger partial charge in [-0.15, -0.1) is 0 Å². The molecule has 1 aliphatic rings. The summed E-state index contributed by atoms with van der Waals surface area (Å²) >= 11 is 1.85. The number of hydrogen-bond acceptors (Lipinski definition) is 4. The zero-order chi connectivity index (χ0) is 15.2. The van der Waals surface area contributed by atoms with Crippen LogP contribution in [0.1, 0.15) is 35.3 Å². The topological polar surface area (TPSA) is 79.3 Å². The van der Waals surface area contributed by atoms with Crippen molar-refractivity contribution in [3.8, 4) is 0 Å². The number of hydrogen-bond donors (Lipinski definition) is 2. The van der Waals surface area contributed by atoms with Crippen LogP contribution in [0.15, 0.2) is 24.4 Å². The number of rotatable bonds is 5. The minimum atomic E-state index is -1.01. The molecule has 0 saturated heterocycles. The normalized spacial score (nSPS) is 21.6. The minimum Gasteiger partial charge on any atom is -0.478 e. The number of carboxylic acid groups (broad SMARTS) is 1. The molecule has 112 valence electrons. The number of carboxylic acids is 1. The van der Waals surface area contributed by atoms with E-state index in [1.54, 1.807) is 12.1 Å². The fourth-order valence-corrected chi connectivity index (χ4v) is 3.15. The van der Waals surface area contributed by atoms with E-state index in [0.29, 0.717) is 16.5 Å². The maximum absolute atomic E-state index is 12.1. The van der Waals surface area contributed by atoms with E-state index in [4.69, 9.17) is 5.11 Å². The van der Waals surface area contributed by atoms with Crippen LogP contribution in [0.3, 0.4) is 0 Å². The van der Waals surface area contributed by atoms with E-state index < -0.39 is 5.97 Å². The average Bonchev–Trinajstić information content (AvgIpc) is 2.93. The molecule has 5 nitrogen and oxygen atoms in total. The Bertz CT molecular complexity index is 542. The lowest BCUT2D eigenvalue weighted by molar-refractivity contribution is -0.131. The molecule has 1 saturated carbocycles. The van der Waals surface area contributed by atoms with Gasteiger partial charge in [0.2, 0.25) is 0 Å². The first-order valence-corrected chi connectivity index (χ1v) is 8.08. The highest BCUT2D eigenvalue weighted by atomic mass is 32.2. The third-order valence-corrected chi connectivity index (χ3v) is 4.59. The second kappa shape index (κ2) is 7.26. The Balaban J connectivity index is 1.92. The van der Waals surface area contributed by atoms with Crippen molar-refractivity contribution in [1.29, 1.82) is 0 Å². The van der Waals surface area contributed by atoms with Crippen LogP contribution in [0.25, 0.3) is 6.08 Å². The van der Waals surface area contributed by atoms with Gasteiger partial charge < -0.3 is 10.4 Å². The number of carbonyl (C=O) groups is 2. The molecule has 1 amide bonds. The van der Waals surface area contributed by atoms with E-state index in [9.17, 15) is 9.59 Å². The first kappa shape index (κ1) is 15.6. The van der Waals surface area contributed by atoms with Crippen molar-refractivity contribution in [3.05, 3.63) is 35.7 Å². The predicted molar refractivity (Wildman–Crippen MR) is 83.3 cm³/mol. The van der Waals surface area contributed by atoms with Crippen LogP contribution >= 0.6 is 11.8 Å². The van der Waals surface area contributed by atoms with E-state index in [2.05, 4.69) is 16.6 Å². The molecule has 1 aliphatic carbocycles. The van der Waals surface area contributed by atoms with Gasteiger partial charge in [-0.3, -0.25) is 9.78 Å². The fraction of sp³-hybridized carbons (Fsp3) is 0.400. The number of pyridine rings is 1. The number of thioether (sulfide) groups is 1. The number of nitrogens with zero attached hydrogens (tertiary/aromatic N) is 1. The highest BCUT2D eigenvalue weighted by Crippen LogP contribution is 2.28. The van der Waals surface area contributed by atoms with Gasteiger partial charge in [0.05, 0.1) is 0 Å². The summed E-state index contributed by atoms with van der Waals surface area (Å²) in [7, 11) is 0. The van der Waals surface area contributed by atoms with E-state index >= 15 is 0 Å². The van der Waals surface area contributed by atoms with Gasteiger partial charge in [-0.05, 0) is 43.2 Å². The second-order valence-corrected chi connectivity index (χ2v) is 6.13. The summed E-state index contributed by atoms with van der Waals surface area (Å²) in [6, 6.07) is 3.52. The highest BCUT2D eigenvalue weighted by molar-refractivity contribution is 7.99. The lowest BCUT2D eigenvalue weighted by Gasteiger charge is -2.12. The zero-order valence-corrected chi connectivity index (χ0v) is 12.6. The van der Waals surface area contributed by atoms with Gasteiger partial charge in [0.1, 0.15) is 5.69 Å². The summed E-state index contributed by atoms with van der Waals surface area (Å²) in [6.45, 7) is 0. The molecule has 1 aromatic heterocycles. The molecular weight excluding hydrogens is 288 g/mol. The molecule has 1 aromatic rings. The van der Waals surface area contributed by atoms with Crippen LogP contribution < -0.4 is 5.32 Å². The third kappa shape index (κ3) is 4.60. The van der Waals surface area contributed by atoms with Crippen molar-refractivity contribution in [3.63, 3.8) is 0 Å². The second-order valence-electron chi connectivity index (χ2n) is 4.99. The quantitative estimate of drug-likeness (QED) is 0.815. The van der Waals surface area contributed by atoms with Gasteiger partial charge in [0.15, 0.2) is 0 Å². The van der Waals surface area contributed by atoms with Crippen LogP contribution in [0.2, 0.25) is 0 Å². The van der Waals surface area contributed by atoms with Crippen molar-refractivity contribution in [1.82, 2.24) is 10.3 Å². The van der Waals surface area contributed by atoms with Gasteiger partial charge in [0, 0.05) is 23.6 Å². The minimum absolute atomic E-state index is 0.171. The molecule has 0 aromatic carbocycles. The average molecular weight is 306 g/mol. The van der Waals surface area contributed by atoms with Crippen LogP contribution in [0.4, 0.5) is 0 Å². The monoisotopic (exact) mass is 306 g/mol. The predicted octanol–water partition coefficient (Wildman–Crippen LogP) is 2.19. The molecule has 1 fully saturated rings. The number of nitrogens with one attached hydrogen (secondary N) is 1. The van der Waals surface area contributed by atoms with Crippen LogP contribution in [0.5, 0.6) is 0 Å². The molecule has 2 rings (SSSR count). The number of aliphatic carboxylic acids is 1. The van der Waals surface area contributed by atoms with Crippen molar-refractivity contribution in [2.75, 3.05) is 6.26 Å². The first-order chi connectivity index (χ1) is 10.1. The molecule has 2 atom stereocenters. The van der Waals surface area contributed by atoms with Gasteiger partial charge in [0.25, 0.3) is 5.91 Å². The lowest BCUT2D eigenvalue weighted by atomic mass is 10.2. The molecule has 0 radical (unpaired) electrons. The summed E-state index contributed by atoms with van der Waals surface area (Å²) in [5.41, 5.74) is 1.01. The molecule has 2 N–H and O–H groups in total. The van der Waals surface area contributed by atoms with E-state index in [1.807, 2.05) is 11.8 Å². The molecule has 1 heterocycles. The molecule has 2 unspecified atom stereocenters. The molecule has 21 heavy (non-hydrogen) atoms. The van der Waals surface area contributed by atoms with Gasteiger partial charge in [-0.1, -0.05) is 6.07 Å². The van der Waals surface area contributed by atoms with E-state index in [0.717, 1.165) is 25.3 Å². The molecule has 0 aliphatic heterocycles. The Morgan fingerprint density at radius 3 is 2.81 bits per heavy atom. The Hall–Kier alpha value is -1.82. The van der Waals surface area contributed by atoms with Crippen LogP contribution in [0, 0.1) is 0 Å². The fourth-order valence-electron chi connectivity index (χ4n) is 2.35. The first-order valence-electron chi connectivity index (χ1n) is 6.79. The largest absolute Gasteiger partial charge is 0.478 e. The highest BCUT2D eigenvalue weighted by Gasteiger charge is 2.25. The summed E-state index contributed by atoms with van der Waals surface area (Å²) < 4.78 is 0. The maximum atomic E-state index is 12.1. The Kier molecular flexibility index (Phi) is 5.38. The van der Waals surface area contributed by atoms with Crippen molar-refractivity contribution in [2.24, 2.45) is 0 Å². The van der Waals surface area contributed by atoms with Crippen molar-refractivity contribution in [2.45, 2.75) is 30.6 Å². The zero-order valence-electron chi connectivity index (χ0n) is 11.8. The van der Waals surface area contributed by atoms with Crippen molar-refractivity contribution >= 4 is 29.7 Å². The number of amides is 1. The van der Waals surface area contributed by atoms with Crippen LogP contribution in [-0.2, 0) is 4.79 Å². The van der Waals surface area contributed by atoms with Crippen molar-refractivity contribution < 1.29 is 14.7 Å². The van der Waals surface area contributed by atoms with E-state index in [1.165, 1.54) is 12.3 Å². The summed E-state index contributed by atoms with van der Waals surface area (Å²) in [5, 5.41) is 12.2. The lowest BCUT2D eigenvalue weighted by Crippen LogP contribution is -2.33. The third-order valence-electron chi connectivity index (χ3n) is 3.49. The maximum Gasteiger partial charge on any atom is 0.328 e. The Morgan fingerprint density at radius 1 is 1.43 bits per heavy atom. The SMILES string of the molecule is CSC1CCC(NC(=O)c2ccc(/C=C/C(=O)O)cn2)C1. The number of aromatic nitrogens is 1. The summed E-state index contributed by atoms with van der Waals surface area (Å²) in [4.78, 5) is 26.6. The Labute approximate surface area is 127 Å². The smallest absolute Gasteiger partial charge is 0.328 e. The molecule has 0 spiro atoms. The van der Waals surface area contributed by atoms with Gasteiger partial charge in [-0.2, -0.15) is 11.8 Å². The Morgan fingerprint density at radius 2 is 2.24 bits per heavy atom. The summed E-state index contributed by atoms with van der Waals surface area (Å²) in [5.74, 6) is -1.18. The molecule has 0 bridgehead atoms. The summed E-state index contributed by atoms with van der Waals surface area (Å²) in [6.07, 6.45) is 9.23. The number of carbonyl (C=O) groups excluding carboxylic acids is 1. The van der Waals surface area contributed by atoms with Gasteiger partial charge in [-0.25, -0.2) is 4.79 Å². The molecule has 6 heteroatoms. The van der Waals surface area contributed by atoms with E-state index in [-0.39, 0.29) is 11.9 Å². The van der Waals surface area contributed by atoms with Gasteiger partial charge >= 0.3 is 5.97 Å². The van der Waals surface area contributed by atoms with Crippen LogP contribution in [-0.4, -0.2) is 39.5 Å². The molecular formula is C15H18N2O3S.